The van der Waals surface area contributed by atoms with Crippen LogP contribution in [0.3, 0.4) is 0 Å². The van der Waals surface area contributed by atoms with Crippen LogP contribution in [-0.2, 0) is 0 Å². The number of para-hydroxylation sites is 4. The molecule has 0 amide bonds. The third-order valence-corrected chi connectivity index (χ3v) is 9.22. The van der Waals surface area contributed by atoms with Crippen LogP contribution in [0, 0.1) is 0 Å². The lowest BCUT2D eigenvalue weighted by Gasteiger charge is -2.28. The van der Waals surface area contributed by atoms with Gasteiger partial charge in [-0.25, -0.2) is 0 Å². The molecule has 0 spiro atoms. The fourth-order valence-electron chi connectivity index (χ4n) is 6.96. The van der Waals surface area contributed by atoms with E-state index in [4.69, 9.17) is 4.74 Å². The van der Waals surface area contributed by atoms with Gasteiger partial charge in [0.15, 0.2) is 0 Å². The lowest BCUT2D eigenvalue weighted by atomic mass is 9.91. The van der Waals surface area contributed by atoms with Crippen LogP contribution >= 0.6 is 0 Å². The third kappa shape index (κ3) is 5.18. The largest absolute Gasteiger partial charge is 0.455 e. The van der Waals surface area contributed by atoms with Crippen LogP contribution in [-0.4, -0.2) is 0 Å². The maximum atomic E-state index is 6.98. The van der Waals surface area contributed by atoms with Gasteiger partial charge in [0.05, 0.1) is 0 Å². The minimum Gasteiger partial charge on any atom is -0.455 e. The Hall–Kier alpha value is -6.58. The molecule has 0 aromatic heterocycles. The van der Waals surface area contributed by atoms with Crippen molar-refractivity contribution in [3.8, 4) is 33.8 Å². The Labute approximate surface area is 286 Å². The van der Waals surface area contributed by atoms with Crippen LogP contribution in [0.5, 0.6) is 11.5 Å². The summed E-state index contributed by atoms with van der Waals surface area (Å²) in [5.74, 6) is 1.73. The lowest BCUT2D eigenvalue weighted by molar-refractivity contribution is 0.489. The minimum atomic E-state index is 0.845. The molecule has 9 rings (SSSR count). The smallest absolute Gasteiger partial charge is 0.143 e. The molecule has 0 radical (unpaired) electrons. The summed E-state index contributed by atoms with van der Waals surface area (Å²) in [7, 11) is 0. The van der Waals surface area contributed by atoms with E-state index in [9.17, 15) is 0 Å². The Morgan fingerprint density at radius 1 is 0.327 bits per heavy atom. The van der Waals surface area contributed by atoms with Gasteiger partial charge in [-0.3, -0.25) is 0 Å². The van der Waals surface area contributed by atoms with Crippen molar-refractivity contribution in [3.63, 3.8) is 0 Å². The first-order valence-corrected chi connectivity index (χ1v) is 16.6. The zero-order valence-electron chi connectivity index (χ0n) is 26.8. The number of ether oxygens (including phenoxy) is 1. The summed E-state index contributed by atoms with van der Waals surface area (Å²) in [4.78, 5) is 4.56. The summed E-state index contributed by atoms with van der Waals surface area (Å²) in [5.41, 5.74) is 11.0. The topological polar surface area (TPSA) is 15.7 Å². The molecule has 0 saturated carbocycles. The molecule has 232 valence electrons. The summed E-state index contributed by atoms with van der Waals surface area (Å²) in [5, 5.41) is 2.31. The van der Waals surface area contributed by atoms with E-state index in [-0.39, 0.29) is 0 Å². The van der Waals surface area contributed by atoms with Gasteiger partial charge in [-0.05, 0) is 95.4 Å². The molecular formula is C46H32N2O. The molecule has 0 bridgehead atoms. The number of nitrogens with zero attached hydrogens (tertiary/aromatic N) is 2. The fourth-order valence-corrected chi connectivity index (χ4v) is 6.96. The first-order valence-electron chi connectivity index (χ1n) is 16.6. The standard InChI is InChI=1S/C46H32N2O/c1-5-15-35(16-6-1)47(36-17-7-2-8-18-36)39-27-24-33(25-28-39)41-30-26-34-14-13-23-43-42-31-29-40(32-44(42)49-46(41)45(34)43)48(37-19-9-3-10-20-37)38-21-11-4-12-22-38/h1-32H. The van der Waals surface area contributed by atoms with Crippen molar-refractivity contribution in [2.24, 2.45) is 0 Å². The molecule has 8 aromatic rings. The van der Waals surface area contributed by atoms with E-state index >= 15 is 0 Å². The van der Waals surface area contributed by atoms with E-state index in [1.807, 2.05) is 0 Å². The predicted molar refractivity (Wildman–Crippen MR) is 204 cm³/mol. The van der Waals surface area contributed by atoms with Gasteiger partial charge in [0.25, 0.3) is 0 Å². The molecule has 8 aromatic carbocycles. The third-order valence-electron chi connectivity index (χ3n) is 9.22. The molecule has 1 aliphatic heterocycles. The molecule has 0 aliphatic carbocycles. The van der Waals surface area contributed by atoms with Gasteiger partial charge >= 0.3 is 0 Å². The number of anilines is 6. The summed E-state index contributed by atoms with van der Waals surface area (Å²) in [6, 6.07) is 68.3. The molecular weight excluding hydrogens is 597 g/mol. The second kappa shape index (κ2) is 12.2. The molecule has 0 atom stereocenters. The Morgan fingerprint density at radius 2 is 0.796 bits per heavy atom. The molecule has 0 unspecified atom stereocenters. The average Bonchev–Trinajstić information content (AvgIpc) is 3.17. The van der Waals surface area contributed by atoms with Gasteiger partial charge in [-0.2, -0.15) is 0 Å². The molecule has 0 saturated heterocycles. The minimum absolute atomic E-state index is 0.845. The average molecular weight is 629 g/mol. The Kier molecular flexibility index (Phi) is 7.14. The van der Waals surface area contributed by atoms with Crippen LogP contribution in [0.2, 0.25) is 0 Å². The summed E-state index contributed by atoms with van der Waals surface area (Å²) < 4.78 is 6.98. The van der Waals surface area contributed by atoms with Crippen molar-refractivity contribution in [2.45, 2.75) is 0 Å². The second-order valence-electron chi connectivity index (χ2n) is 12.2. The summed E-state index contributed by atoms with van der Waals surface area (Å²) >= 11 is 0. The zero-order chi connectivity index (χ0) is 32.6. The molecule has 3 heteroatoms. The van der Waals surface area contributed by atoms with Gasteiger partial charge in [-0.1, -0.05) is 109 Å². The van der Waals surface area contributed by atoms with Gasteiger partial charge in [0.2, 0.25) is 0 Å². The van der Waals surface area contributed by atoms with Crippen molar-refractivity contribution < 1.29 is 4.74 Å². The molecule has 1 aliphatic rings. The normalized spacial score (nSPS) is 11.4. The van der Waals surface area contributed by atoms with Crippen molar-refractivity contribution in [3.05, 3.63) is 194 Å². The molecule has 0 N–H and O–H groups in total. The van der Waals surface area contributed by atoms with Crippen molar-refractivity contribution >= 4 is 44.9 Å². The van der Waals surface area contributed by atoms with Crippen LogP contribution in [0.25, 0.3) is 33.0 Å². The van der Waals surface area contributed by atoms with Crippen molar-refractivity contribution in [1.82, 2.24) is 0 Å². The fraction of sp³-hybridized carbons (Fsp3) is 0. The predicted octanol–water partition coefficient (Wildman–Crippen LogP) is 13.2. The SMILES string of the molecule is c1ccc(N(c2ccccc2)c2ccc(-c3ccc4cccc5c4c3Oc3cc(N(c4ccccc4)c4ccccc4)ccc3-5)cc2)cc1. The first kappa shape index (κ1) is 28.6. The number of fused-ring (bicyclic) bond motifs is 2. The van der Waals surface area contributed by atoms with Crippen LogP contribution in [0.15, 0.2) is 194 Å². The molecule has 1 heterocycles. The Bertz CT molecular complexity index is 2310. The number of hydrogen-bond acceptors (Lipinski definition) is 3. The van der Waals surface area contributed by atoms with E-state index < -0.39 is 0 Å². The first-order chi connectivity index (χ1) is 24.3. The highest BCUT2D eigenvalue weighted by atomic mass is 16.5. The van der Waals surface area contributed by atoms with Crippen LogP contribution < -0.4 is 14.5 Å². The summed E-state index contributed by atoms with van der Waals surface area (Å²) in [6.07, 6.45) is 0. The Morgan fingerprint density at radius 3 is 1.35 bits per heavy atom. The molecule has 49 heavy (non-hydrogen) atoms. The van der Waals surface area contributed by atoms with E-state index in [1.165, 1.54) is 5.56 Å². The number of hydrogen-bond donors (Lipinski definition) is 0. The quantitative estimate of drug-likeness (QED) is 0.175. The van der Waals surface area contributed by atoms with E-state index in [0.29, 0.717) is 0 Å². The number of rotatable bonds is 7. The molecule has 0 fully saturated rings. The highest BCUT2D eigenvalue weighted by Gasteiger charge is 2.25. The van der Waals surface area contributed by atoms with Gasteiger partial charge in [0, 0.05) is 56.7 Å². The number of benzene rings is 8. The van der Waals surface area contributed by atoms with Crippen LogP contribution in [0.4, 0.5) is 34.1 Å². The highest BCUT2D eigenvalue weighted by Crippen LogP contribution is 2.52. The van der Waals surface area contributed by atoms with Crippen molar-refractivity contribution in [2.75, 3.05) is 9.80 Å². The Balaban J connectivity index is 1.14. The van der Waals surface area contributed by atoms with Crippen LogP contribution in [0.1, 0.15) is 0 Å². The highest BCUT2D eigenvalue weighted by molar-refractivity contribution is 6.08. The van der Waals surface area contributed by atoms with E-state index in [1.54, 1.807) is 0 Å². The zero-order valence-corrected chi connectivity index (χ0v) is 26.8. The van der Waals surface area contributed by atoms with Gasteiger partial charge in [-0.15, -0.1) is 0 Å². The van der Waals surface area contributed by atoms with E-state index in [0.717, 1.165) is 73.1 Å². The van der Waals surface area contributed by atoms with E-state index in [2.05, 4.69) is 204 Å². The maximum absolute atomic E-state index is 6.98. The van der Waals surface area contributed by atoms with Gasteiger partial charge in [0.1, 0.15) is 11.5 Å². The second-order valence-corrected chi connectivity index (χ2v) is 12.2. The monoisotopic (exact) mass is 628 g/mol. The lowest BCUT2D eigenvalue weighted by Crippen LogP contribution is -2.10. The molecule has 3 nitrogen and oxygen atoms in total. The van der Waals surface area contributed by atoms with Crippen molar-refractivity contribution in [1.29, 1.82) is 0 Å². The maximum Gasteiger partial charge on any atom is 0.143 e. The summed E-state index contributed by atoms with van der Waals surface area (Å²) in [6.45, 7) is 0. The van der Waals surface area contributed by atoms with Gasteiger partial charge < -0.3 is 14.5 Å².